The van der Waals surface area contributed by atoms with Gasteiger partial charge in [-0.25, -0.2) is 20.1 Å². The van der Waals surface area contributed by atoms with Crippen LogP contribution in [0.25, 0.3) is 0 Å². The minimum atomic E-state index is -0.746. The van der Waals surface area contributed by atoms with Crippen LogP contribution in [0.5, 0.6) is 5.75 Å². The predicted octanol–water partition coefficient (Wildman–Crippen LogP) is 3.96. The Morgan fingerprint density at radius 3 is 2.57 bits per heavy atom. The normalized spacial score (nSPS) is 25.1. The van der Waals surface area contributed by atoms with Crippen LogP contribution in [-0.2, 0) is 24.5 Å². The third kappa shape index (κ3) is 4.83. The van der Waals surface area contributed by atoms with Crippen LogP contribution in [0.4, 0.5) is 10.5 Å². The first kappa shape index (κ1) is 24.6. The Kier molecular flexibility index (Phi) is 6.05. The van der Waals surface area contributed by atoms with Gasteiger partial charge in [-0.15, -0.1) is 0 Å². The summed E-state index contributed by atoms with van der Waals surface area (Å²) in [7, 11) is 1.54. The Bertz CT molecular complexity index is 1280. The van der Waals surface area contributed by atoms with Crippen molar-refractivity contribution in [3.63, 3.8) is 0 Å². The molecule has 1 saturated carbocycles. The Morgan fingerprint density at radius 1 is 1.05 bits per heavy atom. The van der Waals surface area contributed by atoms with Crippen LogP contribution in [0.15, 0.2) is 63.9 Å². The number of carbonyl (C=O) groups is 2. The summed E-state index contributed by atoms with van der Waals surface area (Å²) in [6.45, 7) is 6.11. The molecule has 3 aliphatic heterocycles. The number of methoxy groups -OCH3 is 1. The van der Waals surface area contributed by atoms with Crippen molar-refractivity contribution in [1.82, 2.24) is 5.32 Å². The van der Waals surface area contributed by atoms with E-state index in [1.165, 1.54) is 13.3 Å². The zero-order chi connectivity index (χ0) is 26.3. The maximum Gasteiger partial charge on any atom is 0.415 e. The monoisotopic (exact) mass is 506 g/mol. The molecule has 194 valence electrons. The number of fused-ring (bicyclic) bond motifs is 3. The Morgan fingerprint density at radius 2 is 1.84 bits per heavy atom. The van der Waals surface area contributed by atoms with E-state index >= 15 is 0 Å². The van der Waals surface area contributed by atoms with Crippen LogP contribution in [-0.4, -0.2) is 50.2 Å². The van der Waals surface area contributed by atoms with Gasteiger partial charge in [0.25, 0.3) is 11.9 Å². The predicted molar refractivity (Wildman–Crippen MR) is 137 cm³/mol. The SMILES string of the molecule is COC1=C/C=C/C=C(/C(=O)Nc2ccc3c(c2)C2(COC(NC(=O)OC(C)(C)C)=N2)C2(CC2)CO3)N=C1. The van der Waals surface area contributed by atoms with Crippen LogP contribution < -0.4 is 15.4 Å². The van der Waals surface area contributed by atoms with E-state index < -0.39 is 17.2 Å². The molecule has 0 radical (unpaired) electrons. The molecule has 0 saturated heterocycles. The maximum absolute atomic E-state index is 13.0. The Labute approximate surface area is 215 Å². The van der Waals surface area contributed by atoms with E-state index in [1.54, 1.807) is 51.1 Å². The summed E-state index contributed by atoms with van der Waals surface area (Å²) in [5.74, 6) is 0.832. The molecule has 3 heterocycles. The highest BCUT2D eigenvalue weighted by molar-refractivity contribution is 6.05. The smallest absolute Gasteiger partial charge is 0.415 e. The van der Waals surface area contributed by atoms with Crippen molar-refractivity contribution >= 4 is 29.9 Å². The van der Waals surface area contributed by atoms with Crippen LogP contribution in [0.2, 0.25) is 0 Å². The summed E-state index contributed by atoms with van der Waals surface area (Å²) in [6.07, 6.45) is 9.56. The number of nitrogens with zero attached hydrogens (tertiary/aromatic N) is 2. The average molecular weight is 507 g/mol. The molecule has 0 bridgehead atoms. The molecule has 1 fully saturated rings. The van der Waals surface area contributed by atoms with Gasteiger partial charge in [-0.05, 0) is 64.0 Å². The van der Waals surface area contributed by atoms with Crippen molar-refractivity contribution < 1.29 is 28.5 Å². The molecule has 0 aromatic heterocycles. The second-order valence-corrected chi connectivity index (χ2v) is 10.4. The summed E-state index contributed by atoms with van der Waals surface area (Å²) < 4.78 is 22.5. The first-order valence-electron chi connectivity index (χ1n) is 12.1. The number of ether oxygens (including phenoxy) is 4. The maximum atomic E-state index is 13.0. The molecule has 1 unspecified atom stereocenters. The number of rotatable bonds is 3. The van der Waals surface area contributed by atoms with Gasteiger partial charge < -0.3 is 24.3 Å². The van der Waals surface area contributed by atoms with Crippen LogP contribution in [0.1, 0.15) is 39.2 Å². The number of benzene rings is 1. The molecule has 37 heavy (non-hydrogen) atoms. The zero-order valence-corrected chi connectivity index (χ0v) is 21.3. The van der Waals surface area contributed by atoms with E-state index in [2.05, 4.69) is 15.6 Å². The van der Waals surface area contributed by atoms with E-state index in [9.17, 15) is 9.59 Å². The first-order chi connectivity index (χ1) is 17.6. The molecule has 5 rings (SSSR count). The molecule has 1 aromatic carbocycles. The highest BCUT2D eigenvalue weighted by Gasteiger charge is 2.66. The van der Waals surface area contributed by atoms with Gasteiger partial charge in [0, 0.05) is 16.7 Å². The van der Waals surface area contributed by atoms with Gasteiger partial charge in [0.05, 0.1) is 19.9 Å². The second kappa shape index (κ2) is 9.10. The number of hydrogen-bond acceptors (Lipinski definition) is 8. The number of anilines is 1. The molecule has 1 aliphatic carbocycles. The molecule has 10 nitrogen and oxygen atoms in total. The number of carbonyl (C=O) groups excluding carboxylic acids is 2. The third-order valence-electron chi connectivity index (χ3n) is 6.66. The lowest BCUT2D eigenvalue weighted by atomic mass is 9.74. The number of hydrogen-bond donors (Lipinski definition) is 2. The number of aliphatic imine (C=N–C) groups is 2. The minimum absolute atomic E-state index is 0.116. The average Bonchev–Trinajstić information content (AvgIpc) is 3.49. The standard InChI is InChI=1S/C27H30N4O6/c1-25(2,3)37-24(33)30-23-31-27(16-36-23)19-13-17(9-10-21(19)35-15-26(27)11-12-26)29-22(32)20-8-6-5-7-18(34-4)14-28-20/h5-10,13-14H,11-12,15-16H2,1-4H3,(H,29,32)(H,30,31,33)/b6-5+,7-5?,8-6?,18-7?,18-14?,20-8-,28-14?,28-20?. The zero-order valence-electron chi connectivity index (χ0n) is 21.3. The minimum Gasteiger partial charge on any atom is -0.495 e. The van der Waals surface area contributed by atoms with Crippen LogP contribution in [0, 0.1) is 5.41 Å². The van der Waals surface area contributed by atoms with Crippen molar-refractivity contribution in [3.05, 3.63) is 59.5 Å². The van der Waals surface area contributed by atoms with Crippen molar-refractivity contribution in [2.24, 2.45) is 15.4 Å². The topological polar surface area (TPSA) is 120 Å². The van der Waals surface area contributed by atoms with Gasteiger partial charge in [-0.1, -0.05) is 12.2 Å². The van der Waals surface area contributed by atoms with E-state index in [4.69, 9.17) is 23.9 Å². The molecule has 1 atom stereocenters. The molecular weight excluding hydrogens is 476 g/mol. The number of amidine groups is 1. The van der Waals surface area contributed by atoms with Gasteiger partial charge in [0.15, 0.2) is 0 Å². The van der Waals surface area contributed by atoms with Gasteiger partial charge in [-0.3, -0.25) is 4.79 Å². The summed E-state index contributed by atoms with van der Waals surface area (Å²) in [4.78, 5) is 34.5. The first-order valence-corrected chi connectivity index (χ1v) is 12.1. The van der Waals surface area contributed by atoms with E-state index in [1.807, 2.05) is 12.1 Å². The Hall–Kier alpha value is -4.08. The van der Waals surface area contributed by atoms with Crippen molar-refractivity contribution in [3.8, 4) is 5.75 Å². The lowest BCUT2D eigenvalue weighted by molar-refractivity contribution is -0.112. The van der Waals surface area contributed by atoms with E-state index in [0.717, 1.165) is 18.4 Å². The molecule has 10 heteroatoms. The fourth-order valence-corrected chi connectivity index (χ4v) is 4.63. The third-order valence-corrected chi connectivity index (χ3v) is 6.66. The number of alkyl carbamates (subject to hydrolysis) is 1. The van der Waals surface area contributed by atoms with Crippen LogP contribution >= 0.6 is 0 Å². The van der Waals surface area contributed by atoms with Crippen LogP contribution in [0.3, 0.4) is 0 Å². The Balaban J connectivity index is 1.41. The van der Waals surface area contributed by atoms with Gasteiger partial charge in [-0.2, -0.15) is 0 Å². The summed E-state index contributed by atoms with van der Waals surface area (Å²) in [5.41, 5.74) is -0.0334. The number of allylic oxidation sites excluding steroid dienone is 5. The largest absolute Gasteiger partial charge is 0.495 e. The summed E-state index contributed by atoms with van der Waals surface area (Å²) in [5, 5.41) is 5.54. The lowest BCUT2D eigenvalue weighted by Crippen LogP contribution is -2.44. The fraction of sp³-hybridized carbons (Fsp3) is 0.407. The molecule has 2 N–H and O–H groups in total. The summed E-state index contributed by atoms with van der Waals surface area (Å²) in [6, 6.07) is 5.57. The van der Waals surface area contributed by atoms with Gasteiger partial charge in [0.1, 0.15) is 35.0 Å². The summed E-state index contributed by atoms with van der Waals surface area (Å²) >= 11 is 0. The number of amides is 2. The molecule has 4 aliphatic rings. The number of nitrogens with one attached hydrogen (secondary N) is 2. The quantitative estimate of drug-likeness (QED) is 0.641. The van der Waals surface area contributed by atoms with Crippen molar-refractivity contribution in [2.45, 2.75) is 44.8 Å². The van der Waals surface area contributed by atoms with Crippen molar-refractivity contribution in [2.75, 3.05) is 25.6 Å². The fourth-order valence-electron chi connectivity index (χ4n) is 4.63. The highest BCUT2D eigenvalue weighted by Crippen LogP contribution is 2.65. The molecule has 2 amide bonds. The van der Waals surface area contributed by atoms with E-state index in [0.29, 0.717) is 23.8 Å². The molecule has 1 aromatic rings. The van der Waals surface area contributed by atoms with E-state index in [-0.39, 0.29) is 29.6 Å². The lowest BCUT2D eigenvalue weighted by Gasteiger charge is -2.39. The van der Waals surface area contributed by atoms with Crippen molar-refractivity contribution in [1.29, 1.82) is 0 Å². The second-order valence-electron chi connectivity index (χ2n) is 10.4. The highest BCUT2D eigenvalue weighted by atomic mass is 16.6. The van der Waals surface area contributed by atoms with Gasteiger partial charge in [0.2, 0.25) is 0 Å². The molecular formula is C27H30N4O6. The van der Waals surface area contributed by atoms with Gasteiger partial charge >= 0.3 is 6.09 Å². The molecule has 2 spiro atoms.